The average Bonchev–Trinajstić information content (AvgIpc) is 3.07. The van der Waals surface area contributed by atoms with Crippen molar-refractivity contribution in [1.29, 1.82) is 0 Å². The SMILES string of the molecule is O=C(Nc1ccc(SCC(=O)N(c2ccccc2)c2ccccc2)cc1)/C(=C/c1cccc(Cl)c1Cl)NC(=O)c1ccccc1. The molecule has 0 spiro atoms. The van der Waals surface area contributed by atoms with E-state index in [1.165, 1.54) is 17.8 Å². The predicted octanol–water partition coefficient (Wildman–Crippen LogP) is 8.86. The number of halogens is 2. The Hall–Kier alpha value is -4.82. The highest BCUT2D eigenvalue weighted by molar-refractivity contribution is 8.00. The van der Waals surface area contributed by atoms with Crippen LogP contribution in [-0.2, 0) is 9.59 Å². The molecule has 0 bridgehead atoms. The van der Waals surface area contributed by atoms with Crippen molar-refractivity contribution >= 4 is 75.8 Å². The van der Waals surface area contributed by atoms with Crippen LogP contribution in [0.1, 0.15) is 15.9 Å². The topological polar surface area (TPSA) is 78.5 Å². The molecule has 2 N–H and O–H groups in total. The first-order valence-electron chi connectivity index (χ1n) is 13.9. The zero-order valence-electron chi connectivity index (χ0n) is 23.8. The van der Waals surface area contributed by atoms with Crippen LogP contribution in [0.5, 0.6) is 0 Å². The maximum atomic E-state index is 13.4. The predicted molar refractivity (Wildman–Crippen MR) is 184 cm³/mol. The number of benzene rings is 5. The molecule has 3 amide bonds. The van der Waals surface area contributed by atoms with E-state index in [-0.39, 0.29) is 22.4 Å². The summed E-state index contributed by atoms with van der Waals surface area (Å²) in [4.78, 5) is 42.3. The molecular weight excluding hydrogens is 625 g/mol. The summed E-state index contributed by atoms with van der Waals surface area (Å²) >= 11 is 13.9. The lowest BCUT2D eigenvalue weighted by Crippen LogP contribution is -2.30. The minimum absolute atomic E-state index is 0.0148. The quantitative estimate of drug-likeness (QED) is 0.117. The maximum Gasteiger partial charge on any atom is 0.272 e. The summed E-state index contributed by atoms with van der Waals surface area (Å²) in [5, 5.41) is 6.09. The summed E-state index contributed by atoms with van der Waals surface area (Å²) in [6.07, 6.45) is 1.48. The third kappa shape index (κ3) is 8.42. The minimum Gasteiger partial charge on any atom is -0.321 e. The van der Waals surface area contributed by atoms with Crippen LogP contribution in [-0.4, -0.2) is 23.5 Å². The van der Waals surface area contributed by atoms with Crippen LogP contribution in [0, 0.1) is 0 Å². The van der Waals surface area contributed by atoms with Gasteiger partial charge in [-0.05, 0) is 78.4 Å². The fourth-order valence-electron chi connectivity index (χ4n) is 4.36. The van der Waals surface area contributed by atoms with E-state index in [1.807, 2.05) is 72.8 Å². The zero-order chi connectivity index (χ0) is 31.6. The molecule has 5 aromatic rings. The Morgan fingerprint density at radius 3 is 1.87 bits per heavy atom. The largest absolute Gasteiger partial charge is 0.321 e. The molecule has 0 aliphatic rings. The first kappa shape index (κ1) is 31.6. The number of anilines is 3. The number of rotatable bonds is 10. The number of nitrogens with zero attached hydrogens (tertiary/aromatic N) is 1. The van der Waals surface area contributed by atoms with Gasteiger partial charge in [-0.3, -0.25) is 19.3 Å². The van der Waals surface area contributed by atoms with Crippen LogP contribution < -0.4 is 15.5 Å². The summed E-state index contributed by atoms with van der Waals surface area (Å²) in [5.41, 5.74) is 2.92. The van der Waals surface area contributed by atoms with Gasteiger partial charge in [-0.15, -0.1) is 11.8 Å². The van der Waals surface area contributed by atoms with Crippen molar-refractivity contribution in [3.05, 3.63) is 160 Å². The molecule has 0 saturated heterocycles. The fourth-order valence-corrected chi connectivity index (χ4v) is 5.47. The van der Waals surface area contributed by atoms with Crippen molar-refractivity contribution in [2.45, 2.75) is 4.90 Å². The van der Waals surface area contributed by atoms with Gasteiger partial charge in [0.25, 0.3) is 11.8 Å². The first-order chi connectivity index (χ1) is 21.9. The molecule has 0 fully saturated rings. The summed E-state index contributed by atoms with van der Waals surface area (Å²) in [7, 11) is 0. The Kier molecular flexibility index (Phi) is 10.7. The van der Waals surface area contributed by atoms with E-state index < -0.39 is 11.8 Å². The van der Waals surface area contributed by atoms with Gasteiger partial charge in [0.1, 0.15) is 5.70 Å². The highest BCUT2D eigenvalue weighted by Gasteiger charge is 2.19. The standard InChI is InChI=1S/C36H27Cl2N3O3S/c37-31-18-10-13-26(34(31)38)23-32(40-35(43)25-11-4-1-5-12-25)36(44)39-27-19-21-30(22-20-27)45-24-33(42)41(28-14-6-2-7-15-28)29-16-8-3-9-17-29/h1-23H,24H2,(H,39,44)(H,40,43)/b32-23-. The van der Waals surface area contributed by atoms with Gasteiger partial charge in [0.05, 0.1) is 15.8 Å². The van der Waals surface area contributed by atoms with Crippen LogP contribution in [0.15, 0.2) is 144 Å². The van der Waals surface area contributed by atoms with Crippen molar-refractivity contribution in [3.8, 4) is 0 Å². The molecule has 5 rings (SSSR count). The van der Waals surface area contributed by atoms with Gasteiger partial charge < -0.3 is 10.6 Å². The molecule has 5 aromatic carbocycles. The maximum absolute atomic E-state index is 13.4. The smallest absolute Gasteiger partial charge is 0.272 e. The molecule has 0 saturated carbocycles. The lowest BCUT2D eigenvalue weighted by molar-refractivity contribution is -0.115. The number of nitrogens with one attached hydrogen (secondary N) is 2. The van der Waals surface area contributed by atoms with E-state index >= 15 is 0 Å². The Morgan fingerprint density at radius 2 is 1.27 bits per heavy atom. The van der Waals surface area contributed by atoms with Gasteiger partial charge in [0.2, 0.25) is 5.91 Å². The second-order valence-corrected chi connectivity index (χ2v) is 11.5. The Balaban J connectivity index is 1.28. The van der Waals surface area contributed by atoms with E-state index in [2.05, 4.69) is 10.6 Å². The van der Waals surface area contributed by atoms with Crippen LogP contribution in [0.4, 0.5) is 17.1 Å². The van der Waals surface area contributed by atoms with Gasteiger partial charge in [-0.2, -0.15) is 0 Å². The normalized spacial score (nSPS) is 11.0. The highest BCUT2D eigenvalue weighted by Crippen LogP contribution is 2.29. The molecule has 0 aliphatic heterocycles. The van der Waals surface area contributed by atoms with Crippen molar-refractivity contribution in [3.63, 3.8) is 0 Å². The number of hydrogen-bond donors (Lipinski definition) is 2. The molecule has 45 heavy (non-hydrogen) atoms. The van der Waals surface area contributed by atoms with E-state index in [0.29, 0.717) is 21.8 Å². The highest BCUT2D eigenvalue weighted by atomic mass is 35.5. The molecule has 0 aromatic heterocycles. The third-order valence-electron chi connectivity index (χ3n) is 6.56. The monoisotopic (exact) mass is 651 g/mol. The lowest BCUT2D eigenvalue weighted by Gasteiger charge is -2.23. The third-order valence-corrected chi connectivity index (χ3v) is 8.39. The molecular formula is C36H27Cl2N3O3S. The van der Waals surface area contributed by atoms with Gasteiger partial charge in [0, 0.05) is 27.5 Å². The number of para-hydroxylation sites is 2. The van der Waals surface area contributed by atoms with Crippen molar-refractivity contribution < 1.29 is 14.4 Å². The Bertz CT molecular complexity index is 1780. The van der Waals surface area contributed by atoms with Gasteiger partial charge in [-0.25, -0.2) is 0 Å². The van der Waals surface area contributed by atoms with Crippen molar-refractivity contribution in [1.82, 2.24) is 5.32 Å². The van der Waals surface area contributed by atoms with Gasteiger partial charge in [0.15, 0.2) is 0 Å². The molecule has 0 atom stereocenters. The van der Waals surface area contributed by atoms with Crippen LogP contribution >= 0.6 is 35.0 Å². The summed E-state index contributed by atoms with van der Waals surface area (Å²) in [6.45, 7) is 0. The molecule has 0 radical (unpaired) electrons. The molecule has 9 heteroatoms. The minimum atomic E-state index is -0.549. The second kappa shape index (κ2) is 15.3. The zero-order valence-corrected chi connectivity index (χ0v) is 26.2. The number of hydrogen-bond acceptors (Lipinski definition) is 4. The molecule has 0 heterocycles. The number of carbonyl (C=O) groups excluding carboxylic acids is 3. The van der Waals surface area contributed by atoms with Gasteiger partial charge >= 0.3 is 0 Å². The fraction of sp³-hybridized carbons (Fsp3) is 0.0278. The Morgan fingerprint density at radius 1 is 0.689 bits per heavy atom. The summed E-state index contributed by atoms with van der Waals surface area (Å²) in [6, 6.07) is 39.7. The van der Waals surface area contributed by atoms with E-state index in [1.54, 1.807) is 65.6 Å². The van der Waals surface area contributed by atoms with Crippen LogP contribution in [0.2, 0.25) is 10.0 Å². The number of amides is 3. The summed E-state index contributed by atoms with van der Waals surface area (Å²) in [5.74, 6) is -0.869. The van der Waals surface area contributed by atoms with E-state index in [4.69, 9.17) is 23.2 Å². The van der Waals surface area contributed by atoms with Crippen LogP contribution in [0.3, 0.4) is 0 Å². The van der Waals surface area contributed by atoms with Crippen molar-refractivity contribution in [2.24, 2.45) is 0 Å². The first-order valence-corrected chi connectivity index (χ1v) is 15.6. The average molecular weight is 653 g/mol. The van der Waals surface area contributed by atoms with Gasteiger partial charge in [-0.1, -0.05) is 89.9 Å². The van der Waals surface area contributed by atoms with E-state index in [0.717, 1.165) is 16.3 Å². The molecule has 0 aliphatic carbocycles. The number of thioether (sulfide) groups is 1. The summed E-state index contributed by atoms with van der Waals surface area (Å²) < 4.78 is 0. The van der Waals surface area contributed by atoms with E-state index in [9.17, 15) is 14.4 Å². The Labute approximate surface area is 275 Å². The van der Waals surface area contributed by atoms with Crippen molar-refractivity contribution in [2.75, 3.05) is 16.0 Å². The molecule has 6 nitrogen and oxygen atoms in total. The number of carbonyl (C=O) groups is 3. The lowest BCUT2D eigenvalue weighted by atomic mass is 10.1. The van der Waals surface area contributed by atoms with Crippen LogP contribution in [0.25, 0.3) is 6.08 Å². The molecule has 0 unspecified atom stereocenters. The second-order valence-electron chi connectivity index (χ2n) is 9.69. The molecule has 224 valence electrons.